The third kappa shape index (κ3) is 3.71. The molecule has 0 saturated heterocycles. The van der Waals surface area contributed by atoms with Crippen molar-refractivity contribution in [3.8, 4) is 0 Å². The highest BCUT2D eigenvalue weighted by Crippen LogP contribution is 2.19. The zero-order valence-corrected chi connectivity index (χ0v) is 12.6. The molecule has 0 fully saturated rings. The van der Waals surface area contributed by atoms with Gasteiger partial charge < -0.3 is 10.3 Å². The second-order valence-corrected chi connectivity index (χ2v) is 5.60. The lowest BCUT2D eigenvalue weighted by molar-refractivity contribution is 0.663. The molecular weight excluding hydrogens is 268 g/mol. The fourth-order valence-corrected chi connectivity index (χ4v) is 2.60. The molecule has 106 valence electrons. The number of aromatic nitrogens is 3. The average molecular weight is 288 g/mol. The summed E-state index contributed by atoms with van der Waals surface area (Å²) in [5.41, 5.74) is 8.16. The minimum Gasteiger partial charge on any atom is -0.330 e. The minimum absolute atomic E-state index is 0.582. The molecule has 1 aromatic heterocycles. The molecular formula is C15H20N4S. The standard InChI is InChI=1S/C15H20N4S/c1-3-10-20-15-18-17-14(8-9-16)19(15)11-13-6-4-12(2)5-7-13/h3-7H,1,8-11,16H2,2H3. The largest absolute Gasteiger partial charge is 0.330 e. The van der Waals surface area contributed by atoms with Crippen molar-refractivity contribution in [3.05, 3.63) is 53.9 Å². The third-order valence-electron chi connectivity index (χ3n) is 2.95. The molecule has 1 aromatic carbocycles. The van der Waals surface area contributed by atoms with Crippen LogP contribution >= 0.6 is 11.8 Å². The van der Waals surface area contributed by atoms with Crippen LogP contribution < -0.4 is 5.73 Å². The Morgan fingerprint density at radius 1 is 1.30 bits per heavy atom. The molecule has 4 nitrogen and oxygen atoms in total. The van der Waals surface area contributed by atoms with Gasteiger partial charge >= 0.3 is 0 Å². The summed E-state index contributed by atoms with van der Waals surface area (Å²) >= 11 is 1.65. The lowest BCUT2D eigenvalue weighted by atomic mass is 10.1. The lowest BCUT2D eigenvalue weighted by Crippen LogP contribution is -2.11. The van der Waals surface area contributed by atoms with Gasteiger partial charge in [-0.25, -0.2) is 0 Å². The molecule has 5 heteroatoms. The summed E-state index contributed by atoms with van der Waals surface area (Å²) < 4.78 is 2.14. The maximum absolute atomic E-state index is 5.65. The number of nitrogens with two attached hydrogens (primary N) is 1. The first kappa shape index (κ1) is 14.8. The molecule has 0 aliphatic carbocycles. The van der Waals surface area contributed by atoms with E-state index in [2.05, 4.69) is 52.5 Å². The Kier molecular flexibility index (Phi) is 5.38. The highest BCUT2D eigenvalue weighted by Gasteiger charge is 2.11. The Morgan fingerprint density at radius 3 is 2.70 bits per heavy atom. The lowest BCUT2D eigenvalue weighted by Gasteiger charge is -2.09. The van der Waals surface area contributed by atoms with Crippen molar-refractivity contribution in [2.45, 2.75) is 25.0 Å². The van der Waals surface area contributed by atoms with E-state index in [-0.39, 0.29) is 0 Å². The monoisotopic (exact) mass is 288 g/mol. The quantitative estimate of drug-likeness (QED) is 0.628. The number of hydrogen-bond donors (Lipinski definition) is 1. The molecule has 0 saturated carbocycles. The van der Waals surface area contributed by atoms with Crippen LogP contribution in [0.2, 0.25) is 0 Å². The van der Waals surface area contributed by atoms with Crippen LogP contribution in [0.3, 0.4) is 0 Å². The molecule has 0 unspecified atom stereocenters. The normalized spacial score (nSPS) is 10.7. The fraction of sp³-hybridized carbons (Fsp3) is 0.333. The molecule has 2 aromatic rings. The Morgan fingerprint density at radius 2 is 2.05 bits per heavy atom. The Balaban J connectivity index is 2.24. The van der Waals surface area contributed by atoms with Crippen LogP contribution in [-0.2, 0) is 13.0 Å². The highest BCUT2D eigenvalue weighted by atomic mass is 32.2. The fourth-order valence-electron chi connectivity index (χ4n) is 1.91. The van der Waals surface area contributed by atoms with Gasteiger partial charge in [-0.1, -0.05) is 47.7 Å². The van der Waals surface area contributed by atoms with E-state index in [4.69, 9.17) is 5.73 Å². The predicted molar refractivity (Wildman–Crippen MR) is 84.0 cm³/mol. The van der Waals surface area contributed by atoms with E-state index < -0.39 is 0 Å². The molecule has 1 heterocycles. The van der Waals surface area contributed by atoms with Crippen molar-refractivity contribution >= 4 is 11.8 Å². The summed E-state index contributed by atoms with van der Waals surface area (Å²) in [6.45, 7) is 7.20. The minimum atomic E-state index is 0.582. The van der Waals surface area contributed by atoms with E-state index in [9.17, 15) is 0 Å². The van der Waals surface area contributed by atoms with Gasteiger partial charge in [-0.2, -0.15) is 0 Å². The number of thioether (sulfide) groups is 1. The number of rotatable bonds is 7. The van der Waals surface area contributed by atoms with Gasteiger partial charge in [0, 0.05) is 12.2 Å². The first-order valence-electron chi connectivity index (χ1n) is 6.66. The molecule has 0 spiro atoms. The van der Waals surface area contributed by atoms with Gasteiger partial charge in [-0.3, -0.25) is 0 Å². The molecule has 0 amide bonds. The number of benzene rings is 1. The third-order valence-corrected chi connectivity index (χ3v) is 3.92. The van der Waals surface area contributed by atoms with E-state index in [1.54, 1.807) is 11.8 Å². The Labute approximate surface area is 124 Å². The van der Waals surface area contributed by atoms with Crippen LogP contribution in [-0.4, -0.2) is 27.1 Å². The van der Waals surface area contributed by atoms with Gasteiger partial charge in [0.05, 0.1) is 6.54 Å². The van der Waals surface area contributed by atoms with Gasteiger partial charge in [-0.05, 0) is 19.0 Å². The molecule has 0 radical (unpaired) electrons. The van der Waals surface area contributed by atoms with Crippen molar-refractivity contribution in [1.82, 2.24) is 14.8 Å². The number of nitrogens with zero attached hydrogens (tertiary/aromatic N) is 3. The Hall–Kier alpha value is -1.59. The zero-order valence-electron chi connectivity index (χ0n) is 11.7. The molecule has 0 bridgehead atoms. The Bertz CT molecular complexity index is 560. The van der Waals surface area contributed by atoms with E-state index >= 15 is 0 Å². The summed E-state index contributed by atoms with van der Waals surface area (Å²) in [4.78, 5) is 0. The molecule has 0 atom stereocenters. The summed E-state index contributed by atoms with van der Waals surface area (Å²) in [5.74, 6) is 1.77. The van der Waals surface area contributed by atoms with E-state index in [1.165, 1.54) is 11.1 Å². The molecule has 0 aliphatic rings. The van der Waals surface area contributed by atoms with Gasteiger partial charge in [0.15, 0.2) is 5.16 Å². The van der Waals surface area contributed by atoms with Gasteiger partial charge in [-0.15, -0.1) is 16.8 Å². The zero-order chi connectivity index (χ0) is 14.4. The average Bonchev–Trinajstić information content (AvgIpc) is 2.82. The van der Waals surface area contributed by atoms with Crippen LogP contribution in [0.4, 0.5) is 0 Å². The topological polar surface area (TPSA) is 56.7 Å². The van der Waals surface area contributed by atoms with Crippen molar-refractivity contribution in [2.24, 2.45) is 5.73 Å². The summed E-state index contributed by atoms with van der Waals surface area (Å²) in [6.07, 6.45) is 2.62. The van der Waals surface area contributed by atoms with Crippen molar-refractivity contribution < 1.29 is 0 Å². The molecule has 2 N–H and O–H groups in total. The summed E-state index contributed by atoms with van der Waals surface area (Å²) in [6, 6.07) is 8.53. The van der Waals surface area contributed by atoms with Gasteiger partial charge in [0.1, 0.15) is 5.82 Å². The van der Waals surface area contributed by atoms with E-state index in [0.29, 0.717) is 6.54 Å². The van der Waals surface area contributed by atoms with Gasteiger partial charge in [0.2, 0.25) is 0 Å². The second kappa shape index (κ2) is 7.26. The predicted octanol–water partition coefficient (Wildman–Crippen LogP) is 2.41. The number of hydrogen-bond acceptors (Lipinski definition) is 4. The maximum Gasteiger partial charge on any atom is 0.191 e. The van der Waals surface area contributed by atoms with Crippen molar-refractivity contribution in [1.29, 1.82) is 0 Å². The van der Waals surface area contributed by atoms with Crippen LogP contribution in [0.5, 0.6) is 0 Å². The summed E-state index contributed by atoms with van der Waals surface area (Å²) in [7, 11) is 0. The van der Waals surface area contributed by atoms with Gasteiger partial charge in [0.25, 0.3) is 0 Å². The molecule has 0 aliphatic heterocycles. The SMILES string of the molecule is C=CCSc1nnc(CCN)n1Cc1ccc(C)cc1. The van der Waals surface area contributed by atoms with E-state index in [0.717, 1.165) is 29.7 Å². The number of aryl methyl sites for hydroxylation is 1. The molecule has 2 rings (SSSR count). The van der Waals surface area contributed by atoms with Crippen molar-refractivity contribution in [2.75, 3.05) is 12.3 Å². The summed E-state index contributed by atoms with van der Waals surface area (Å²) in [5, 5.41) is 9.43. The second-order valence-electron chi connectivity index (χ2n) is 4.61. The van der Waals surface area contributed by atoms with Crippen LogP contribution in [0.25, 0.3) is 0 Å². The van der Waals surface area contributed by atoms with Crippen LogP contribution in [0, 0.1) is 6.92 Å². The van der Waals surface area contributed by atoms with E-state index in [1.807, 2.05) is 6.08 Å². The molecule has 20 heavy (non-hydrogen) atoms. The highest BCUT2D eigenvalue weighted by molar-refractivity contribution is 7.99. The van der Waals surface area contributed by atoms with Crippen LogP contribution in [0.15, 0.2) is 42.1 Å². The van der Waals surface area contributed by atoms with Crippen LogP contribution in [0.1, 0.15) is 17.0 Å². The first-order valence-corrected chi connectivity index (χ1v) is 7.64. The van der Waals surface area contributed by atoms with Crippen molar-refractivity contribution in [3.63, 3.8) is 0 Å². The smallest absolute Gasteiger partial charge is 0.191 e. The first-order chi connectivity index (χ1) is 9.74. The maximum atomic E-state index is 5.65.